The van der Waals surface area contributed by atoms with E-state index in [0.29, 0.717) is 33.2 Å². The van der Waals surface area contributed by atoms with Gasteiger partial charge in [-0.15, -0.1) is 0 Å². The Balaban J connectivity index is 1.47. The first-order chi connectivity index (χ1) is 18.8. The lowest BCUT2D eigenvalue weighted by molar-refractivity contribution is -0.144. The lowest BCUT2D eigenvalue weighted by atomic mass is 9.99. The van der Waals surface area contributed by atoms with Crippen LogP contribution in [-0.4, -0.2) is 35.2 Å². The number of halogens is 1. The summed E-state index contributed by atoms with van der Waals surface area (Å²) in [7, 11) is 1.28. The minimum atomic E-state index is -0.845. The van der Waals surface area contributed by atoms with Gasteiger partial charge in [0.15, 0.2) is 10.9 Å². The number of fused-ring (bicyclic) bond motifs is 1. The minimum Gasteiger partial charge on any atom is -0.467 e. The number of hydrogen-bond donors (Lipinski definition) is 2. The molecule has 0 aliphatic heterocycles. The van der Waals surface area contributed by atoms with Gasteiger partial charge >= 0.3 is 5.97 Å². The number of amides is 1. The maximum Gasteiger partial charge on any atom is 0.328 e. The fraction of sp³-hybridized carbons (Fsp3) is 0.172. The van der Waals surface area contributed by atoms with Crippen LogP contribution < -0.4 is 10.6 Å². The molecule has 0 spiro atoms. The Morgan fingerprint density at radius 2 is 1.74 bits per heavy atom. The molecule has 0 aliphatic rings. The van der Waals surface area contributed by atoms with E-state index in [4.69, 9.17) is 9.26 Å². The van der Waals surface area contributed by atoms with Gasteiger partial charge in [-0.25, -0.2) is 14.2 Å². The van der Waals surface area contributed by atoms with Crippen molar-refractivity contribution in [3.8, 4) is 22.6 Å². The maximum atomic E-state index is 13.6. The van der Waals surface area contributed by atoms with Gasteiger partial charge in [0, 0.05) is 16.8 Å². The van der Waals surface area contributed by atoms with E-state index in [2.05, 4.69) is 20.8 Å². The number of esters is 1. The number of nitrogens with zero attached hydrogens (tertiary/aromatic N) is 2. The Morgan fingerprint density at radius 1 is 1.00 bits per heavy atom. The van der Waals surface area contributed by atoms with Crippen LogP contribution in [0, 0.1) is 11.7 Å². The first kappa shape index (κ1) is 26.1. The monoisotopic (exact) mass is 544 g/mol. The van der Waals surface area contributed by atoms with Crippen molar-refractivity contribution < 1.29 is 23.2 Å². The normalized spacial score (nSPS) is 11.9. The number of benzene rings is 3. The van der Waals surface area contributed by atoms with Gasteiger partial charge in [-0.1, -0.05) is 72.8 Å². The summed E-state index contributed by atoms with van der Waals surface area (Å²) >= 11 is 1.35. The van der Waals surface area contributed by atoms with Crippen LogP contribution in [0.4, 0.5) is 15.2 Å². The minimum absolute atomic E-state index is 0.200. The van der Waals surface area contributed by atoms with E-state index in [9.17, 15) is 14.0 Å². The number of nitrogens with one attached hydrogen (secondary N) is 2. The molecule has 2 aromatic heterocycles. The molecule has 2 heterocycles. The number of hydrogen-bond acceptors (Lipinski definition) is 8. The molecule has 3 aromatic carbocycles. The zero-order valence-electron chi connectivity index (χ0n) is 21.4. The molecule has 5 rings (SSSR count). The molecule has 5 aromatic rings. The predicted octanol–water partition coefficient (Wildman–Crippen LogP) is 6.43. The van der Waals surface area contributed by atoms with E-state index in [1.54, 1.807) is 18.2 Å². The third-order valence-electron chi connectivity index (χ3n) is 6.12. The second-order valence-electron chi connectivity index (χ2n) is 9.15. The van der Waals surface area contributed by atoms with Gasteiger partial charge in [-0.05, 0) is 36.2 Å². The first-order valence-corrected chi connectivity index (χ1v) is 13.0. The lowest BCUT2D eigenvalue weighted by Crippen LogP contribution is -2.45. The van der Waals surface area contributed by atoms with Gasteiger partial charge in [0.05, 0.1) is 17.3 Å². The van der Waals surface area contributed by atoms with Crippen LogP contribution in [0.25, 0.3) is 32.8 Å². The quantitative estimate of drug-likeness (QED) is 0.217. The standard InChI is InChI=1S/C29H25FN4O4S/c1-16(2)24(28(36)37-3)33-27(35)23-25(34-38-26(23)18-7-5-4-6-8-18)17-9-12-20(13-10-17)31-29-32-21-14-11-19(30)15-22(21)39-29/h4-16,24H,1-3H3,(H,31,32)(H,33,35)/t24-/m0/s1. The van der Waals surface area contributed by atoms with Gasteiger partial charge < -0.3 is 19.9 Å². The molecule has 2 N–H and O–H groups in total. The van der Waals surface area contributed by atoms with Crippen LogP contribution in [0.5, 0.6) is 0 Å². The topological polar surface area (TPSA) is 106 Å². The van der Waals surface area contributed by atoms with Crippen LogP contribution >= 0.6 is 11.3 Å². The highest BCUT2D eigenvalue weighted by atomic mass is 32.1. The van der Waals surface area contributed by atoms with Crippen LogP contribution in [0.2, 0.25) is 0 Å². The van der Waals surface area contributed by atoms with Crippen molar-refractivity contribution in [1.29, 1.82) is 0 Å². The molecule has 0 fully saturated rings. The summed E-state index contributed by atoms with van der Waals surface area (Å²) in [5, 5.41) is 10.9. The van der Waals surface area contributed by atoms with Crippen molar-refractivity contribution in [3.63, 3.8) is 0 Å². The molecular formula is C29H25FN4O4S. The summed E-state index contributed by atoms with van der Waals surface area (Å²) in [6.07, 6.45) is 0. The number of carbonyl (C=O) groups is 2. The number of anilines is 2. The Morgan fingerprint density at radius 3 is 2.44 bits per heavy atom. The largest absolute Gasteiger partial charge is 0.467 e. The van der Waals surface area contributed by atoms with Crippen molar-refractivity contribution in [1.82, 2.24) is 15.5 Å². The van der Waals surface area contributed by atoms with E-state index in [1.165, 1.54) is 30.6 Å². The van der Waals surface area contributed by atoms with Gasteiger partial charge in [0.25, 0.3) is 5.91 Å². The molecule has 0 unspecified atom stereocenters. The predicted molar refractivity (Wildman–Crippen MR) is 148 cm³/mol. The van der Waals surface area contributed by atoms with Crippen LogP contribution in [-0.2, 0) is 9.53 Å². The Bertz CT molecular complexity index is 1630. The highest BCUT2D eigenvalue weighted by Crippen LogP contribution is 2.34. The fourth-order valence-corrected chi connectivity index (χ4v) is 5.02. The second-order valence-corrected chi connectivity index (χ2v) is 10.2. The highest BCUT2D eigenvalue weighted by molar-refractivity contribution is 7.22. The average Bonchev–Trinajstić information content (AvgIpc) is 3.56. The molecule has 39 heavy (non-hydrogen) atoms. The van der Waals surface area contributed by atoms with Gasteiger partial charge in [-0.2, -0.15) is 0 Å². The number of aromatic nitrogens is 2. The zero-order chi connectivity index (χ0) is 27.5. The Labute approximate surface area is 227 Å². The molecule has 8 nitrogen and oxygen atoms in total. The Hall–Kier alpha value is -4.57. The smallest absolute Gasteiger partial charge is 0.328 e. The average molecular weight is 545 g/mol. The van der Waals surface area contributed by atoms with Crippen LogP contribution in [0.1, 0.15) is 24.2 Å². The molecule has 0 saturated heterocycles. The van der Waals surface area contributed by atoms with E-state index < -0.39 is 17.9 Å². The van der Waals surface area contributed by atoms with Crippen molar-refractivity contribution in [2.24, 2.45) is 5.92 Å². The highest BCUT2D eigenvalue weighted by Gasteiger charge is 2.31. The molecule has 0 saturated carbocycles. The van der Waals surface area contributed by atoms with E-state index in [1.807, 2.05) is 56.3 Å². The van der Waals surface area contributed by atoms with Crippen LogP contribution in [0.15, 0.2) is 77.3 Å². The molecule has 0 bridgehead atoms. The molecule has 1 amide bonds. The summed E-state index contributed by atoms with van der Waals surface area (Å²) in [6, 6.07) is 20.1. The Kier molecular flexibility index (Phi) is 7.38. The SMILES string of the molecule is COC(=O)[C@@H](NC(=O)c1c(-c2ccc(Nc3nc4ccc(F)cc4s3)cc2)noc1-c1ccccc1)C(C)C. The second kappa shape index (κ2) is 11.0. The van der Waals surface area contributed by atoms with Crippen LogP contribution in [0.3, 0.4) is 0 Å². The molecule has 10 heteroatoms. The van der Waals surface area contributed by atoms with Gasteiger partial charge in [-0.3, -0.25) is 4.79 Å². The zero-order valence-corrected chi connectivity index (χ0v) is 22.2. The number of carbonyl (C=O) groups excluding carboxylic acids is 2. The summed E-state index contributed by atoms with van der Waals surface area (Å²) in [5.74, 6) is -1.26. The van der Waals surface area contributed by atoms with Crippen molar-refractivity contribution >= 4 is 44.2 Å². The molecule has 0 aliphatic carbocycles. The number of rotatable bonds is 8. The van der Waals surface area contributed by atoms with Gasteiger partial charge in [0.1, 0.15) is 23.1 Å². The first-order valence-electron chi connectivity index (χ1n) is 12.2. The number of thiazole rings is 1. The molecule has 1 atom stereocenters. The fourth-order valence-electron chi connectivity index (χ4n) is 4.11. The van der Waals surface area contributed by atoms with Crippen molar-refractivity contribution in [2.75, 3.05) is 12.4 Å². The summed E-state index contributed by atoms with van der Waals surface area (Å²) in [5.41, 5.74) is 3.32. The molecule has 198 valence electrons. The van der Waals surface area contributed by atoms with Gasteiger partial charge in [0.2, 0.25) is 0 Å². The third kappa shape index (κ3) is 5.51. The lowest BCUT2D eigenvalue weighted by Gasteiger charge is -2.20. The van der Waals surface area contributed by atoms with E-state index in [0.717, 1.165) is 10.4 Å². The maximum absolute atomic E-state index is 13.6. The van der Waals surface area contributed by atoms with E-state index >= 15 is 0 Å². The summed E-state index contributed by atoms with van der Waals surface area (Å²) in [4.78, 5) is 30.4. The summed E-state index contributed by atoms with van der Waals surface area (Å²) in [6.45, 7) is 3.64. The van der Waals surface area contributed by atoms with Crippen molar-refractivity contribution in [2.45, 2.75) is 19.9 Å². The number of methoxy groups -OCH3 is 1. The van der Waals surface area contributed by atoms with E-state index in [-0.39, 0.29) is 17.3 Å². The summed E-state index contributed by atoms with van der Waals surface area (Å²) < 4.78 is 24.8. The molecular weight excluding hydrogens is 519 g/mol. The molecule has 0 radical (unpaired) electrons. The number of ether oxygens (including phenoxy) is 1. The third-order valence-corrected chi connectivity index (χ3v) is 7.06. The van der Waals surface area contributed by atoms with Crippen molar-refractivity contribution in [3.05, 3.63) is 84.2 Å².